The fourth-order valence-electron chi connectivity index (χ4n) is 0.912. The Labute approximate surface area is 84.9 Å². The van der Waals surface area contributed by atoms with E-state index in [0.29, 0.717) is 5.69 Å². The second-order valence-corrected chi connectivity index (χ2v) is 3.30. The quantitative estimate of drug-likeness (QED) is 0.827. The van der Waals surface area contributed by atoms with Crippen molar-refractivity contribution in [1.82, 2.24) is 0 Å². The van der Waals surface area contributed by atoms with Gasteiger partial charge in [-0.15, -0.1) is 0 Å². The number of benzene rings is 1. The summed E-state index contributed by atoms with van der Waals surface area (Å²) < 4.78 is 37.1. The first-order valence-electron chi connectivity index (χ1n) is 4.00. The molecule has 1 atom stereocenters. The molecule has 78 valence electrons. The molecule has 1 rings (SSSR count). The predicted octanol–water partition coefficient (Wildman–Crippen LogP) is 3.54. The highest BCUT2D eigenvalue weighted by molar-refractivity contribution is 6.30. The molecule has 14 heavy (non-hydrogen) atoms. The maximum Gasteiger partial charge on any atom is 0.258 e. The molecule has 1 unspecified atom stereocenters. The number of hydrogen-bond acceptors (Lipinski definition) is 1. The Kier molecular flexibility index (Phi) is 3.63. The summed E-state index contributed by atoms with van der Waals surface area (Å²) in [6.45, 7) is 1.32. The van der Waals surface area contributed by atoms with Crippen LogP contribution in [0, 0.1) is 5.82 Å². The lowest BCUT2D eigenvalue weighted by Crippen LogP contribution is -2.23. The maximum atomic E-state index is 12.9. The van der Waals surface area contributed by atoms with E-state index in [0.717, 1.165) is 6.07 Å². The number of halogens is 4. The van der Waals surface area contributed by atoms with Crippen molar-refractivity contribution in [2.45, 2.75) is 19.4 Å². The molecule has 0 amide bonds. The van der Waals surface area contributed by atoms with Gasteiger partial charge in [0.15, 0.2) is 0 Å². The normalized spacial score (nSPS) is 13.0. The third kappa shape index (κ3) is 2.80. The average molecular weight is 224 g/mol. The number of anilines is 1. The SMILES string of the molecule is CC(Nc1ccc(Cl)c(F)c1)C(F)F. The highest BCUT2D eigenvalue weighted by Crippen LogP contribution is 2.20. The lowest BCUT2D eigenvalue weighted by Gasteiger charge is -2.14. The van der Waals surface area contributed by atoms with Crippen LogP contribution >= 0.6 is 11.6 Å². The summed E-state index contributed by atoms with van der Waals surface area (Å²) in [6.07, 6.45) is -2.49. The van der Waals surface area contributed by atoms with Gasteiger partial charge in [-0.2, -0.15) is 0 Å². The fourth-order valence-corrected chi connectivity index (χ4v) is 1.03. The van der Waals surface area contributed by atoms with Crippen molar-refractivity contribution in [3.05, 3.63) is 29.0 Å². The minimum atomic E-state index is -2.49. The van der Waals surface area contributed by atoms with Crippen molar-refractivity contribution in [2.24, 2.45) is 0 Å². The minimum Gasteiger partial charge on any atom is -0.377 e. The van der Waals surface area contributed by atoms with Gasteiger partial charge in [0.2, 0.25) is 0 Å². The smallest absolute Gasteiger partial charge is 0.258 e. The zero-order chi connectivity index (χ0) is 10.7. The van der Waals surface area contributed by atoms with Crippen LogP contribution in [0.5, 0.6) is 0 Å². The highest BCUT2D eigenvalue weighted by Gasteiger charge is 2.14. The summed E-state index contributed by atoms with van der Waals surface area (Å²) in [6, 6.07) is 2.83. The molecule has 0 saturated carbocycles. The van der Waals surface area contributed by atoms with E-state index in [2.05, 4.69) is 5.32 Å². The first-order chi connectivity index (χ1) is 6.50. The average Bonchev–Trinajstić information content (AvgIpc) is 2.11. The summed E-state index contributed by atoms with van der Waals surface area (Å²) in [5, 5.41) is 2.43. The molecule has 0 fully saturated rings. The lowest BCUT2D eigenvalue weighted by atomic mass is 10.2. The molecule has 1 aromatic rings. The Morgan fingerprint density at radius 3 is 2.50 bits per heavy atom. The van der Waals surface area contributed by atoms with Gasteiger partial charge < -0.3 is 5.32 Å². The second-order valence-electron chi connectivity index (χ2n) is 2.90. The van der Waals surface area contributed by atoms with E-state index < -0.39 is 18.3 Å². The molecule has 0 bridgehead atoms. The number of nitrogens with one attached hydrogen (secondary N) is 1. The zero-order valence-electron chi connectivity index (χ0n) is 7.40. The first-order valence-corrected chi connectivity index (χ1v) is 4.38. The van der Waals surface area contributed by atoms with Gasteiger partial charge in [0, 0.05) is 5.69 Å². The molecule has 0 aromatic heterocycles. The van der Waals surface area contributed by atoms with Crippen molar-refractivity contribution in [3.63, 3.8) is 0 Å². The summed E-state index contributed by atoms with van der Waals surface area (Å²) in [4.78, 5) is 0. The Balaban J connectivity index is 2.73. The Bertz CT molecular complexity index is 317. The van der Waals surface area contributed by atoms with Crippen LogP contribution in [0.4, 0.5) is 18.9 Å². The van der Waals surface area contributed by atoms with Crippen LogP contribution < -0.4 is 5.32 Å². The van der Waals surface area contributed by atoms with E-state index in [4.69, 9.17) is 11.6 Å². The third-order valence-electron chi connectivity index (χ3n) is 1.69. The van der Waals surface area contributed by atoms with Crippen molar-refractivity contribution < 1.29 is 13.2 Å². The largest absolute Gasteiger partial charge is 0.377 e. The molecule has 0 radical (unpaired) electrons. The fraction of sp³-hybridized carbons (Fsp3) is 0.333. The van der Waals surface area contributed by atoms with Gasteiger partial charge >= 0.3 is 0 Å². The van der Waals surface area contributed by atoms with Crippen molar-refractivity contribution >= 4 is 17.3 Å². The highest BCUT2D eigenvalue weighted by atomic mass is 35.5. The molecule has 0 spiro atoms. The van der Waals surface area contributed by atoms with Gasteiger partial charge in [0.25, 0.3) is 6.43 Å². The van der Waals surface area contributed by atoms with E-state index in [1.54, 1.807) is 0 Å². The van der Waals surface area contributed by atoms with E-state index in [9.17, 15) is 13.2 Å². The predicted molar refractivity (Wildman–Crippen MR) is 50.5 cm³/mol. The van der Waals surface area contributed by atoms with Crippen LogP contribution in [-0.2, 0) is 0 Å². The number of hydrogen-bond donors (Lipinski definition) is 1. The third-order valence-corrected chi connectivity index (χ3v) is 2.00. The molecule has 0 aliphatic heterocycles. The van der Waals surface area contributed by atoms with Crippen LogP contribution in [0.2, 0.25) is 5.02 Å². The minimum absolute atomic E-state index is 0.0275. The Morgan fingerprint density at radius 1 is 1.36 bits per heavy atom. The van der Waals surface area contributed by atoms with Gasteiger partial charge in [-0.05, 0) is 25.1 Å². The summed E-state index contributed by atoms with van der Waals surface area (Å²) in [5.41, 5.74) is 0.291. The van der Waals surface area contributed by atoms with Crippen molar-refractivity contribution in [3.8, 4) is 0 Å². The van der Waals surface area contributed by atoms with Gasteiger partial charge in [-0.1, -0.05) is 11.6 Å². The molecular formula is C9H9ClF3N. The molecule has 5 heteroatoms. The van der Waals surface area contributed by atoms with Gasteiger partial charge in [0.05, 0.1) is 11.1 Å². The molecule has 0 heterocycles. The number of alkyl halides is 2. The molecule has 1 nitrogen and oxygen atoms in total. The zero-order valence-corrected chi connectivity index (χ0v) is 8.15. The van der Waals surface area contributed by atoms with Crippen LogP contribution in [0.25, 0.3) is 0 Å². The van der Waals surface area contributed by atoms with E-state index in [-0.39, 0.29) is 5.02 Å². The van der Waals surface area contributed by atoms with E-state index in [1.807, 2.05) is 0 Å². The Morgan fingerprint density at radius 2 is 2.00 bits per heavy atom. The molecular weight excluding hydrogens is 215 g/mol. The second kappa shape index (κ2) is 4.55. The first kappa shape index (κ1) is 11.2. The van der Waals surface area contributed by atoms with Gasteiger partial charge in [0.1, 0.15) is 5.82 Å². The standard InChI is InChI=1S/C9H9ClF3N/c1-5(9(12)13)14-6-2-3-7(10)8(11)4-6/h2-5,9,14H,1H3. The molecule has 0 aliphatic carbocycles. The number of rotatable bonds is 3. The lowest BCUT2D eigenvalue weighted by molar-refractivity contribution is 0.130. The summed E-state index contributed by atoms with van der Waals surface area (Å²) in [5.74, 6) is -0.627. The van der Waals surface area contributed by atoms with Crippen LogP contribution in [0.3, 0.4) is 0 Å². The maximum absolute atomic E-state index is 12.9. The topological polar surface area (TPSA) is 12.0 Å². The van der Waals surface area contributed by atoms with E-state index >= 15 is 0 Å². The van der Waals surface area contributed by atoms with Crippen molar-refractivity contribution in [1.29, 1.82) is 0 Å². The van der Waals surface area contributed by atoms with Gasteiger partial charge in [-0.3, -0.25) is 0 Å². The van der Waals surface area contributed by atoms with Crippen LogP contribution in [-0.4, -0.2) is 12.5 Å². The monoisotopic (exact) mass is 223 g/mol. The summed E-state index contributed by atoms with van der Waals surface area (Å²) >= 11 is 5.43. The van der Waals surface area contributed by atoms with Crippen LogP contribution in [0.15, 0.2) is 18.2 Å². The van der Waals surface area contributed by atoms with Gasteiger partial charge in [-0.25, -0.2) is 13.2 Å². The Hall–Kier alpha value is -0.900. The van der Waals surface area contributed by atoms with Crippen LogP contribution in [0.1, 0.15) is 6.92 Å². The van der Waals surface area contributed by atoms with E-state index in [1.165, 1.54) is 19.1 Å². The molecule has 1 N–H and O–H groups in total. The molecule has 0 saturated heterocycles. The van der Waals surface area contributed by atoms with Crippen molar-refractivity contribution in [2.75, 3.05) is 5.32 Å². The molecule has 0 aliphatic rings. The molecule has 1 aromatic carbocycles. The summed E-state index contributed by atoms with van der Waals surface area (Å²) in [7, 11) is 0.